The molecule has 3 saturated carbocycles. The number of carbonyl (C=O) groups excluding carboxylic acids is 1. The average Bonchev–Trinajstić information content (AvgIpc) is 3.01. The Hall–Kier alpha value is -0.790. The van der Waals surface area contributed by atoms with E-state index in [1.807, 2.05) is 0 Å². The lowest BCUT2D eigenvalue weighted by Crippen LogP contribution is -2.59. The molecule has 5 rings (SSSR count). The number of allylic oxidation sites excluding steroid dienone is 1. The first-order chi connectivity index (χ1) is 14.7. The van der Waals surface area contributed by atoms with E-state index in [2.05, 4.69) is 24.8 Å². The molecule has 4 aliphatic carbocycles. The van der Waals surface area contributed by atoms with Crippen LogP contribution in [0.15, 0.2) is 11.6 Å². The molecule has 4 fully saturated rings. The summed E-state index contributed by atoms with van der Waals surface area (Å²) in [6, 6.07) is 0. The van der Waals surface area contributed by atoms with Crippen molar-refractivity contribution in [2.45, 2.75) is 76.6 Å². The van der Waals surface area contributed by atoms with E-state index >= 15 is 0 Å². The van der Waals surface area contributed by atoms with E-state index < -0.39 is 23.2 Å². The van der Waals surface area contributed by atoms with E-state index in [0.717, 1.165) is 44.3 Å². The molecule has 3 N–H and O–H groups in total. The summed E-state index contributed by atoms with van der Waals surface area (Å²) in [5.74, 6) is 0.731. The Labute approximate surface area is 185 Å². The Morgan fingerprint density at radius 1 is 1.16 bits per heavy atom. The lowest BCUT2D eigenvalue weighted by Gasteiger charge is -2.60. The van der Waals surface area contributed by atoms with Gasteiger partial charge in [0.2, 0.25) is 0 Å². The Kier molecular flexibility index (Phi) is 5.42. The monoisotopic (exact) mass is 433 g/mol. The van der Waals surface area contributed by atoms with Crippen molar-refractivity contribution in [1.82, 2.24) is 4.90 Å². The third kappa shape index (κ3) is 3.20. The lowest BCUT2D eigenvalue weighted by molar-refractivity contribution is -0.145. The van der Waals surface area contributed by atoms with Crippen molar-refractivity contribution in [3.8, 4) is 0 Å². The van der Waals surface area contributed by atoms with Gasteiger partial charge >= 0.3 is 0 Å². The second-order valence-electron chi connectivity index (χ2n) is 11.5. The SMILES string of the molecule is C[C@@]12C[C@H](O)[C@H](O)C[C@H]1CC=C1C2CC[C@]2(C)[C@@H](C(=O)CN3CCOCC3)CC[C@@]12O. The summed E-state index contributed by atoms with van der Waals surface area (Å²) in [6.45, 7) is 7.86. The van der Waals surface area contributed by atoms with Crippen molar-refractivity contribution >= 4 is 5.78 Å². The van der Waals surface area contributed by atoms with Gasteiger partial charge in [-0.3, -0.25) is 9.69 Å². The summed E-state index contributed by atoms with van der Waals surface area (Å²) in [6.07, 6.45) is 6.17. The van der Waals surface area contributed by atoms with Crippen LogP contribution in [0, 0.1) is 28.6 Å². The summed E-state index contributed by atoms with van der Waals surface area (Å²) in [5.41, 5.74) is -0.328. The number of nitrogens with zero attached hydrogens (tertiary/aromatic N) is 1. The van der Waals surface area contributed by atoms with Gasteiger partial charge in [0.25, 0.3) is 0 Å². The van der Waals surface area contributed by atoms with E-state index in [4.69, 9.17) is 4.74 Å². The van der Waals surface area contributed by atoms with Crippen LogP contribution < -0.4 is 0 Å². The highest BCUT2D eigenvalue weighted by Crippen LogP contribution is 2.67. The third-order valence-corrected chi connectivity index (χ3v) is 10.2. The highest BCUT2D eigenvalue weighted by molar-refractivity contribution is 5.84. The molecule has 1 saturated heterocycles. The van der Waals surface area contributed by atoms with Crippen molar-refractivity contribution < 1.29 is 24.9 Å². The topological polar surface area (TPSA) is 90.2 Å². The van der Waals surface area contributed by atoms with Crippen molar-refractivity contribution in [1.29, 1.82) is 0 Å². The van der Waals surface area contributed by atoms with Gasteiger partial charge in [0.1, 0.15) is 0 Å². The van der Waals surface area contributed by atoms with Gasteiger partial charge < -0.3 is 20.1 Å². The average molecular weight is 434 g/mol. The number of hydrogen-bond acceptors (Lipinski definition) is 6. The van der Waals surface area contributed by atoms with Gasteiger partial charge in [-0.1, -0.05) is 19.9 Å². The second kappa shape index (κ2) is 7.63. The van der Waals surface area contributed by atoms with E-state index in [0.29, 0.717) is 44.9 Å². The van der Waals surface area contributed by atoms with Gasteiger partial charge in [-0.05, 0) is 67.8 Å². The second-order valence-corrected chi connectivity index (χ2v) is 11.5. The molecule has 0 aromatic carbocycles. The van der Waals surface area contributed by atoms with Crippen LogP contribution in [-0.2, 0) is 9.53 Å². The maximum Gasteiger partial charge on any atom is 0.150 e. The fourth-order valence-corrected chi connectivity index (χ4v) is 8.12. The quantitative estimate of drug-likeness (QED) is 0.589. The Balaban J connectivity index is 1.40. The molecule has 8 atom stereocenters. The number of ether oxygens (including phenoxy) is 1. The van der Waals surface area contributed by atoms with Crippen LogP contribution in [0.1, 0.15) is 58.8 Å². The van der Waals surface area contributed by atoms with Crippen LogP contribution >= 0.6 is 0 Å². The van der Waals surface area contributed by atoms with Crippen molar-refractivity contribution in [2.75, 3.05) is 32.8 Å². The van der Waals surface area contributed by atoms with E-state index in [-0.39, 0.29) is 23.0 Å². The number of Topliss-reactive ketones (excluding diaryl/α,β-unsaturated/α-hetero) is 1. The number of aliphatic hydroxyl groups excluding tert-OH is 2. The lowest BCUT2D eigenvalue weighted by atomic mass is 9.46. The number of fused-ring (bicyclic) bond motifs is 5. The summed E-state index contributed by atoms with van der Waals surface area (Å²) >= 11 is 0. The van der Waals surface area contributed by atoms with Crippen molar-refractivity contribution in [2.24, 2.45) is 28.6 Å². The third-order valence-electron chi connectivity index (χ3n) is 10.2. The van der Waals surface area contributed by atoms with Crippen LogP contribution in [0.5, 0.6) is 0 Å². The normalized spacial score (nSPS) is 50.2. The number of morpholine rings is 1. The minimum absolute atomic E-state index is 0.102. The largest absolute Gasteiger partial charge is 0.390 e. The molecule has 1 unspecified atom stereocenters. The molecule has 0 radical (unpaired) electrons. The summed E-state index contributed by atoms with van der Waals surface area (Å²) in [5, 5.41) is 32.8. The Morgan fingerprint density at radius 3 is 2.65 bits per heavy atom. The predicted molar refractivity (Wildman–Crippen MR) is 116 cm³/mol. The summed E-state index contributed by atoms with van der Waals surface area (Å²) in [4.78, 5) is 15.6. The summed E-state index contributed by atoms with van der Waals surface area (Å²) in [7, 11) is 0. The molecule has 6 heteroatoms. The maximum atomic E-state index is 13.4. The first-order valence-corrected chi connectivity index (χ1v) is 12.3. The number of rotatable bonds is 3. The molecule has 1 aliphatic heterocycles. The zero-order valence-corrected chi connectivity index (χ0v) is 19.1. The molecule has 0 spiro atoms. The maximum absolute atomic E-state index is 13.4. The van der Waals surface area contributed by atoms with Gasteiger partial charge in [0.15, 0.2) is 5.78 Å². The minimum atomic E-state index is -0.934. The molecule has 31 heavy (non-hydrogen) atoms. The number of carbonyl (C=O) groups is 1. The minimum Gasteiger partial charge on any atom is -0.390 e. The van der Waals surface area contributed by atoms with Crippen LogP contribution in [0.2, 0.25) is 0 Å². The standard InChI is InChI=1S/C25H39NO5/c1-23-14-21(28)20(27)13-16(23)3-4-18-17(23)5-7-24(2)19(6-8-25(18,24)30)22(29)15-26-9-11-31-12-10-26/h4,16-17,19-21,27-28,30H,3,5-15H2,1-2H3/t16-,17?,19-,20-,21+,23-,24-,25-/m1/s1. The van der Waals surface area contributed by atoms with Crippen molar-refractivity contribution in [3.05, 3.63) is 11.6 Å². The van der Waals surface area contributed by atoms with Gasteiger partial charge in [0, 0.05) is 24.4 Å². The van der Waals surface area contributed by atoms with Gasteiger partial charge in [-0.25, -0.2) is 0 Å². The van der Waals surface area contributed by atoms with E-state index in [1.165, 1.54) is 0 Å². The Bertz CT molecular complexity index is 763. The van der Waals surface area contributed by atoms with Gasteiger partial charge in [0.05, 0.1) is 37.6 Å². The van der Waals surface area contributed by atoms with Crippen molar-refractivity contribution in [3.63, 3.8) is 0 Å². The highest BCUT2D eigenvalue weighted by Gasteiger charge is 2.66. The molecule has 6 nitrogen and oxygen atoms in total. The molecule has 0 amide bonds. The fraction of sp³-hybridized carbons (Fsp3) is 0.880. The molecule has 0 bridgehead atoms. The van der Waals surface area contributed by atoms with Crippen LogP contribution in [0.25, 0.3) is 0 Å². The van der Waals surface area contributed by atoms with Crippen LogP contribution in [-0.4, -0.2) is 76.7 Å². The molecule has 174 valence electrons. The van der Waals surface area contributed by atoms with E-state index in [9.17, 15) is 20.1 Å². The molecular weight excluding hydrogens is 394 g/mol. The Morgan fingerprint density at radius 2 is 1.90 bits per heavy atom. The molecule has 1 heterocycles. The summed E-state index contributed by atoms with van der Waals surface area (Å²) < 4.78 is 5.42. The van der Waals surface area contributed by atoms with Gasteiger partial charge in [-0.2, -0.15) is 0 Å². The number of ketones is 1. The predicted octanol–water partition coefficient (Wildman–Crippen LogP) is 1.91. The highest BCUT2D eigenvalue weighted by atomic mass is 16.5. The fourth-order valence-electron chi connectivity index (χ4n) is 8.12. The van der Waals surface area contributed by atoms with Gasteiger partial charge in [-0.15, -0.1) is 0 Å². The first-order valence-electron chi connectivity index (χ1n) is 12.3. The number of hydrogen-bond donors (Lipinski definition) is 3. The zero-order chi connectivity index (χ0) is 22.0. The van der Waals surface area contributed by atoms with Crippen LogP contribution in [0.4, 0.5) is 0 Å². The molecule has 5 aliphatic rings. The van der Waals surface area contributed by atoms with E-state index in [1.54, 1.807) is 0 Å². The number of aliphatic hydroxyl groups is 3. The molecule has 0 aromatic rings. The zero-order valence-electron chi connectivity index (χ0n) is 19.1. The smallest absolute Gasteiger partial charge is 0.150 e. The first kappa shape index (κ1) is 22.0. The van der Waals surface area contributed by atoms with Crippen LogP contribution in [0.3, 0.4) is 0 Å². The molecule has 0 aromatic heterocycles. The molecular formula is C25H39NO5.